The summed E-state index contributed by atoms with van der Waals surface area (Å²) in [7, 11) is 0. The largest absolute Gasteiger partial charge is 0.294 e. The topological polar surface area (TPSA) is 79.5 Å². The number of hydrogen-bond acceptors (Lipinski definition) is 5. The van der Waals surface area contributed by atoms with Crippen LogP contribution in [0.15, 0.2) is 67.1 Å². The highest BCUT2D eigenvalue weighted by Crippen LogP contribution is 2.31. The lowest BCUT2D eigenvalue weighted by Crippen LogP contribution is -2.16. The average molecular weight is 507 g/mol. The predicted octanol–water partition coefficient (Wildman–Crippen LogP) is 6.20. The molecule has 1 aliphatic rings. The van der Waals surface area contributed by atoms with Crippen LogP contribution in [-0.4, -0.2) is 20.7 Å². The molecular weight excluding hydrogens is 482 g/mol. The van der Waals surface area contributed by atoms with E-state index in [2.05, 4.69) is 21.0 Å². The van der Waals surface area contributed by atoms with Crippen LogP contribution in [-0.2, 0) is 24.7 Å². The van der Waals surface area contributed by atoms with E-state index in [-0.39, 0.29) is 17.5 Å². The first-order valence-electron chi connectivity index (χ1n) is 12.2. The fourth-order valence-corrected chi connectivity index (χ4v) is 4.59. The molecule has 0 amide bonds. The van der Waals surface area contributed by atoms with Crippen molar-refractivity contribution in [3.8, 4) is 17.3 Å². The molecule has 188 valence electrons. The Bertz CT molecular complexity index is 1640. The average Bonchev–Trinajstić information content (AvgIpc) is 3.40. The molecule has 0 aliphatic heterocycles. The Morgan fingerprint density at radius 1 is 1.08 bits per heavy atom. The summed E-state index contributed by atoms with van der Waals surface area (Å²) in [6.45, 7) is 3.30. The van der Waals surface area contributed by atoms with Gasteiger partial charge in [0.05, 0.1) is 28.6 Å². The quantitative estimate of drug-likeness (QED) is 0.279. The van der Waals surface area contributed by atoms with Crippen molar-refractivity contribution in [1.82, 2.24) is 15.0 Å². The maximum absolute atomic E-state index is 14.8. The first-order chi connectivity index (χ1) is 18.2. The second-order valence-electron chi connectivity index (χ2n) is 9.85. The van der Waals surface area contributed by atoms with Gasteiger partial charge < -0.3 is 0 Å². The molecule has 0 spiro atoms. The summed E-state index contributed by atoms with van der Waals surface area (Å²) in [5, 5.41) is 9.41. The molecule has 7 heteroatoms. The monoisotopic (exact) mass is 506 g/mol. The molecule has 1 aliphatic carbocycles. The van der Waals surface area contributed by atoms with E-state index in [1.807, 2.05) is 24.3 Å². The number of nitriles is 1. The number of ketones is 1. The zero-order valence-corrected chi connectivity index (χ0v) is 21.0. The van der Waals surface area contributed by atoms with Crippen molar-refractivity contribution in [3.63, 3.8) is 0 Å². The molecule has 0 saturated carbocycles. The molecule has 38 heavy (non-hydrogen) atoms. The molecule has 0 unspecified atom stereocenters. The zero-order valence-electron chi connectivity index (χ0n) is 21.0. The summed E-state index contributed by atoms with van der Waals surface area (Å²) in [6, 6.07) is 14.4. The molecule has 4 aromatic rings. The second kappa shape index (κ2) is 10.1. The van der Waals surface area contributed by atoms with Crippen molar-refractivity contribution >= 4 is 11.9 Å². The van der Waals surface area contributed by atoms with Gasteiger partial charge in [0.25, 0.3) is 0 Å². The summed E-state index contributed by atoms with van der Waals surface area (Å²) in [5.74, 6) is -1.56. The van der Waals surface area contributed by atoms with Crippen LogP contribution in [0.25, 0.3) is 17.3 Å². The normalized spacial score (nSPS) is 12.3. The summed E-state index contributed by atoms with van der Waals surface area (Å²) >= 11 is 0. The standard InChI is InChI=1S/C31H24F2N4O/c1-31(2,17-34)22-13-21(14-23(32)16-22)29(38)15-20-11-19(8-9-26(20)33)12-28-25(6-4-10-35-28)30-24-5-3-7-27(24)36-18-37-30/h3-6,8-11,13-14,16,18H,7,12,15H2,1-2H3. The molecular formula is C31H24F2N4O. The van der Waals surface area contributed by atoms with E-state index in [0.29, 0.717) is 12.0 Å². The van der Waals surface area contributed by atoms with E-state index in [4.69, 9.17) is 0 Å². The van der Waals surface area contributed by atoms with Gasteiger partial charge in [-0.1, -0.05) is 24.3 Å². The summed E-state index contributed by atoms with van der Waals surface area (Å²) in [5.41, 5.74) is 4.89. The van der Waals surface area contributed by atoms with Crippen molar-refractivity contribution in [1.29, 1.82) is 5.26 Å². The Labute approximate surface area is 219 Å². The fourth-order valence-electron chi connectivity index (χ4n) is 4.59. The van der Waals surface area contributed by atoms with Gasteiger partial charge in [-0.2, -0.15) is 5.26 Å². The summed E-state index contributed by atoms with van der Waals surface area (Å²) < 4.78 is 29.1. The molecule has 0 fully saturated rings. The Balaban J connectivity index is 1.43. The predicted molar refractivity (Wildman–Crippen MR) is 140 cm³/mol. The molecule has 0 saturated heterocycles. The van der Waals surface area contributed by atoms with Gasteiger partial charge in [0.2, 0.25) is 0 Å². The van der Waals surface area contributed by atoms with Gasteiger partial charge in [0.15, 0.2) is 5.78 Å². The van der Waals surface area contributed by atoms with Crippen LogP contribution in [0.5, 0.6) is 0 Å². The van der Waals surface area contributed by atoms with E-state index in [1.165, 1.54) is 18.2 Å². The summed E-state index contributed by atoms with van der Waals surface area (Å²) in [4.78, 5) is 26.5. The highest BCUT2D eigenvalue weighted by molar-refractivity contribution is 5.97. The van der Waals surface area contributed by atoms with E-state index in [9.17, 15) is 18.8 Å². The lowest BCUT2D eigenvalue weighted by atomic mass is 9.84. The van der Waals surface area contributed by atoms with Crippen LogP contribution in [0.2, 0.25) is 0 Å². The lowest BCUT2D eigenvalue weighted by Gasteiger charge is -2.17. The maximum Gasteiger partial charge on any atom is 0.167 e. The number of halogens is 2. The first kappa shape index (κ1) is 25.1. The molecule has 0 bridgehead atoms. The molecule has 2 aromatic carbocycles. The molecule has 2 heterocycles. The van der Waals surface area contributed by atoms with Gasteiger partial charge >= 0.3 is 0 Å². The second-order valence-corrected chi connectivity index (χ2v) is 9.85. The number of nitrogens with zero attached hydrogens (tertiary/aromatic N) is 4. The van der Waals surface area contributed by atoms with Gasteiger partial charge in [-0.05, 0) is 66.9 Å². The van der Waals surface area contributed by atoms with Crippen molar-refractivity contribution in [2.45, 2.75) is 38.5 Å². The van der Waals surface area contributed by atoms with Crippen molar-refractivity contribution in [2.24, 2.45) is 0 Å². The van der Waals surface area contributed by atoms with Crippen LogP contribution < -0.4 is 0 Å². The van der Waals surface area contributed by atoms with Crippen molar-refractivity contribution < 1.29 is 13.6 Å². The molecule has 2 aromatic heterocycles. The Morgan fingerprint density at radius 3 is 2.74 bits per heavy atom. The number of pyridine rings is 1. The smallest absolute Gasteiger partial charge is 0.167 e. The van der Waals surface area contributed by atoms with Gasteiger partial charge in [-0.15, -0.1) is 0 Å². The van der Waals surface area contributed by atoms with Crippen LogP contribution in [0.1, 0.15) is 57.8 Å². The van der Waals surface area contributed by atoms with Gasteiger partial charge in [-0.25, -0.2) is 18.7 Å². The number of hydrogen-bond donors (Lipinski definition) is 0. The number of Topliss-reactive ketones (excluding diaryl/α,β-unsaturated/α-hetero) is 1. The highest BCUT2D eigenvalue weighted by Gasteiger charge is 2.23. The van der Waals surface area contributed by atoms with Gasteiger partial charge in [0.1, 0.15) is 18.0 Å². The van der Waals surface area contributed by atoms with Crippen LogP contribution in [0.4, 0.5) is 8.78 Å². The SMILES string of the molecule is CC(C)(C#N)c1cc(F)cc(C(=O)Cc2cc(Cc3ncccc3-c3ncnc4c3C=CC4)ccc2F)c1. The van der Waals surface area contributed by atoms with Crippen molar-refractivity contribution in [3.05, 3.63) is 118 Å². The molecule has 0 atom stereocenters. The van der Waals surface area contributed by atoms with Crippen LogP contribution >= 0.6 is 0 Å². The fraction of sp³-hybridized carbons (Fsp3) is 0.194. The Hall–Kier alpha value is -4.57. The number of carbonyl (C=O) groups excluding carboxylic acids is 1. The number of aromatic nitrogens is 3. The van der Waals surface area contributed by atoms with Gasteiger partial charge in [0, 0.05) is 42.1 Å². The van der Waals surface area contributed by atoms with E-state index in [1.54, 1.807) is 38.5 Å². The molecule has 5 nitrogen and oxygen atoms in total. The third kappa shape index (κ3) is 4.98. The number of fused-ring (bicyclic) bond motifs is 1. The van der Waals surface area contributed by atoms with E-state index < -0.39 is 22.8 Å². The van der Waals surface area contributed by atoms with E-state index in [0.717, 1.165) is 46.3 Å². The first-order valence-corrected chi connectivity index (χ1v) is 12.2. The van der Waals surface area contributed by atoms with E-state index >= 15 is 0 Å². The van der Waals surface area contributed by atoms with Crippen LogP contribution in [0, 0.1) is 23.0 Å². The summed E-state index contributed by atoms with van der Waals surface area (Å²) in [6.07, 6.45) is 8.24. The number of rotatable bonds is 7. The number of allylic oxidation sites excluding steroid dienone is 1. The minimum atomic E-state index is -0.970. The zero-order chi connectivity index (χ0) is 26.9. The third-order valence-electron chi connectivity index (χ3n) is 6.76. The Morgan fingerprint density at radius 2 is 1.92 bits per heavy atom. The Kier molecular flexibility index (Phi) is 6.64. The molecule has 5 rings (SSSR count). The highest BCUT2D eigenvalue weighted by atomic mass is 19.1. The number of carbonyl (C=O) groups is 1. The maximum atomic E-state index is 14.8. The van der Waals surface area contributed by atoms with Gasteiger partial charge in [-0.3, -0.25) is 9.78 Å². The third-order valence-corrected chi connectivity index (χ3v) is 6.76. The van der Waals surface area contributed by atoms with Crippen LogP contribution in [0.3, 0.4) is 0 Å². The minimum Gasteiger partial charge on any atom is -0.294 e. The number of benzene rings is 2. The minimum absolute atomic E-state index is 0.103. The molecule has 0 N–H and O–H groups in total. The van der Waals surface area contributed by atoms with Crippen molar-refractivity contribution in [2.75, 3.05) is 0 Å². The lowest BCUT2D eigenvalue weighted by molar-refractivity contribution is 0.0991. The molecule has 0 radical (unpaired) electrons.